The van der Waals surface area contributed by atoms with Gasteiger partial charge in [0.2, 0.25) is 6.79 Å². The van der Waals surface area contributed by atoms with Gasteiger partial charge in [-0.3, -0.25) is 0 Å². The van der Waals surface area contributed by atoms with Crippen LogP contribution in [-0.2, 0) is 19.7 Å². The molecule has 0 saturated heterocycles. The number of nitrogens with one attached hydrogen (secondary N) is 1. The molecule has 3 aromatic rings. The van der Waals surface area contributed by atoms with Crippen molar-refractivity contribution in [3.8, 4) is 23.0 Å². The van der Waals surface area contributed by atoms with E-state index in [1.54, 1.807) is 18.2 Å². The molecule has 0 aliphatic carbocycles. The Morgan fingerprint density at radius 2 is 1.77 bits per heavy atom. The summed E-state index contributed by atoms with van der Waals surface area (Å²) in [4.78, 5) is 0. The van der Waals surface area contributed by atoms with Gasteiger partial charge in [0.05, 0.1) is 11.1 Å². The molecule has 0 bridgehead atoms. The molecule has 0 radical (unpaired) electrons. The van der Waals surface area contributed by atoms with Gasteiger partial charge in [0, 0.05) is 18.7 Å². The second-order valence-corrected chi connectivity index (χ2v) is 7.86. The number of hydrogen-bond donors (Lipinski definition) is 1. The highest BCUT2D eigenvalue weighted by Gasteiger charge is 2.15. The van der Waals surface area contributed by atoms with E-state index >= 15 is 0 Å². The highest BCUT2D eigenvalue weighted by molar-refractivity contribution is 9.10. The molecule has 7 heteroatoms. The molecule has 162 valence electrons. The fraction of sp³-hybridized carbons (Fsp3) is 0.250. The van der Waals surface area contributed by atoms with Crippen LogP contribution in [0.3, 0.4) is 0 Å². The number of fused-ring (bicyclic) bond motifs is 1. The second kappa shape index (κ2) is 10.0. The summed E-state index contributed by atoms with van der Waals surface area (Å²) in [5, 5.41) is 3.43. The Morgan fingerprint density at radius 1 is 0.968 bits per heavy atom. The van der Waals surface area contributed by atoms with E-state index in [4.69, 9.17) is 18.9 Å². The third-order valence-corrected chi connectivity index (χ3v) is 5.38. The zero-order valence-corrected chi connectivity index (χ0v) is 18.7. The second-order valence-electron chi connectivity index (χ2n) is 7.01. The number of rotatable bonds is 9. The van der Waals surface area contributed by atoms with Gasteiger partial charge in [-0.1, -0.05) is 24.3 Å². The fourth-order valence-corrected chi connectivity index (χ4v) is 3.90. The molecule has 1 heterocycles. The molecule has 0 spiro atoms. The fourth-order valence-electron chi connectivity index (χ4n) is 3.29. The molecule has 0 fully saturated rings. The van der Waals surface area contributed by atoms with Gasteiger partial charge in [-0.2, -0.15) is 0 Å². The number of benzene rings is 3. The van der Waals surface area contributed by atoms with Gasteiger partial charge in [-0.05, 0) is 64.3 Å². The maximum Gasteiger partial charge on any atom is 0.231 e. The molecule has 5 nitrogen and oxygen atoms in total. The summed E-state index contributed by atoms with van der Waals surface area (Å²) in [7, 11) is 0. The topological polar surface area (TPSA) is 49.0 Å². The Bertz CT molecular complexity index is 1060. The van der Waals surface area contributed by atoms with Crippen LogP contribution in [-0.4, -0.2) is 13.4 Å². The number of ether oxygens (including phenoxy) is 4. The van der Waals surface area contributed by atoms with Crippen molar-refractivity contribution in [1.29, 1.82) is 0 Å². The Balaban J connectivity index is 1.42. The van der Waals surface area contributed by atoms with E-state index in [9.17, 15) is 4.39 Å². The minimum atomic E-state index is -0.291. The molecule has 0 atom stereocenters. The van der Waals surface area contributed by atoms with E-state index in [2.05, 4.69) is 21.2 Å². The number of hydrogen-bond acceptors (Lipinski definition) is 5. The Hall–Kier alpha value is -2.77. The lowest BCUT2D eigenvalue weighted by Gasteiger charge is -2.16. The normalized spacial score (nSPS) is 12.1. The summed E-state index contributed by atoms with van der Waals surface area (Å²) >= 11 is 3.57. The predicted molar refractivity (Wildman–Crippen MR) is 119 cm³/mol. The van der Waals surface area contributed by atoms with Gasteiger partial charge >= 0.3 is 0 Å². The van der Waals surface area contributed by atoms with Crippen LogP contribution in [0.5, 0.6) is 23.0 Å². The largest absolute Gasteiger partial charge is 0.490 e. The van der Waals surface area contributed by atoms with Crippen LogP contribution in [0.1, 0.15) is 23.6 Å². The lowest BCUT2D eigenvalue weighted by molar-refractivity contribution is 0.174. The zero-order chi connectivity index (χ0) is 21.6. The molecule has 1 aliphatic rings. The Labute approximate surface area is 189 Å². The first-order chi connectivity index (χ1) is 15.1. The standard InChI is InChI=1S/C24H23BrFNO4/c1-2-28-23-11-17(13-27-12-16-7-8-21-22(10-16)31-15-30-21)9-19(25)24(23)29-14-18-5-3-4-6-20(18)26/h3-11,27H,2,12-15H2,1H3. The van der Waals surface area contributed by atoms with E-state index in [1.165, 1.54) is 6.07 Å². The molecule has 0 amide bonds. The SMILES string of the molecule is CCOc1cc(CNCc2ccc3c(c2)OCO3)cc(Br)c1OCc1ccccc1F. The maximum atomic E-state index is 13.9. The third kappa shape index (κ3) is 5.29. The molecule has 0 saturated carbocycles. The van der Waals surface area contributed by atoms with Crippen molar-refractivity contribution in [2.75, 3.05) is 13.4 Å². The van der Waals surface area contributed by atoms with Crippen molar-refractivity contribution in [1.82, 2.24) is 5.32 Å². The molecule has 4 rings (SSSR count). The third-order valence-electron chi connectivity index (χ3n) is 4.79. The van der Waals surface area contributed by atoms with E-state index < -0.39 is 0 Å². The monoisotopic (exact) mass is 487 g/mol. The summed E-state index contributed by atoms with van der Waals surface area (Å²) in [5.74, 6) is 2.44. The van der Waals surface area contributed by atoms with E-state index in [-0.39, 0.29) is 19.2 Å². The van der Waals surface area contributed by atoms with Gasteiger partial charge < -0.3 is 24.3 Å². The molecule has 1 aliphatic heterocycles. The van der Waals surface area contributed by atoms with Gasteiger partial charge in [0.25, 0.3) is 0 Å². The Morgan fingerprint density at radius 3 is 2.61 bits per heavy atom. The molecule has 0 unspecified atom stereocenters. The summed E-state index contributed by atoms with van der Waals surface area (Å²) in [6.07, 6.45) is 0. The van der Waals surface area contributed by atoms with Crippen LogP contribution in [0, 0.1) is 5.82 Å². The minimum Gasteiger partial charge on any atom is -0.490 e. The van der Waals surface area contributed by atoms with Crippen molar-refractivity contribution in [3.63, 3.8) is 0 Å². The van der Waals surface area contributed by atoms with Crippen molar-refractivity contribution in [3.05, 3.63) is 81.6 Å². The van der Waals surface area contributed by atoms with Crippen molar-refractivity contribution >= 4 is 15.9 Å². The first kappa shape index (κ1) is 21.5. The molecule has 0 aromatic heterocycles. The summed E-state index contributed by atoms with van der Waals surface area (Å²) in [6, 6.07) is 16.4. The lowest BCUT2D eigenvalue weighted by atomic mass is 10.1. The zero-order valence-electron chi connectivity index (χ0n) is 17.1. The molecular formula is C24H23BrFNO4. The molecule has 1 N–H and O–H groups in total. The first-order valence-corrected chi connectivity index (χ1v) is 10.8. The Kier molecular flexibility index (Phi) is 6.94. The molecule has 3 aromatic carbocycles. The summed E-state index contributed by atoms with van der Waals surface area (Å²) < 4.78 is 37.1. The van der Waals surface area contributed by atoms with Gasteiger partial charge in [-0.25, -0.2) is 4.39 Å². The van der Waals surface area contributed by atoms with Crippen LogP contribution < -0.4 is 24.3 Å². The van der Waals surface area contributed by atoms with Gasteiger partial charge in [0.15, 0.2) is 23.0 Å². The van der Waals surface area contributed by atoms with Crippen LogP contribution >= 0.6 is 15.9 Å². The van der Waals surface area contributed by atoms with E-state index in [0.717, 1.165) is 27.1 Å². The maximum absolute atomic E-state index is 13.9. The quantitative estimate of drug-likeness (QED) is 0.426. The summed E-state index contributed by atoms with van der Waals surface area (Å²) in [5.41, 5.74) is 2.64. The van der Waals surface area contributed by atoms with Crippen LogP contribution in [0.4, 0.5) is 4.39 Å². The van der Waals surface area contributed by atoms with Crippen molar-refractivity contribution < 1.29 is 23.3 Å². The minimum absolute atomic E-state index is 0.118. The van der Waals surface area contributed by atoms with E-state index in [1.807, 2.05) is 37.3 Å². The number of halogens is 2. The highest BCUT2D eigenvalue weighted by atomic mass is 79.9. The first-order valence-electron chi connectivity index (χ1n) is 10.0. The molecule has 31 heavy (non-hydrogen) atoms. The lowest BCUT2D eigenvalue weighted by Crippen LogP contribution is -2.13. The molecular weight excluding hydrogens is 465 g/mol. The van der Waals surface area contributed by atoms with Gasteiger partial charge in [-0.15, -0.1) is 0 Å². The highest BCUT2D eigenvalue weighted by Crippen LogP contribution is 2.38. The predicted octanol–water partition coefficient (Wildman–Crippen LogP) is 5.58. The average Bonchev–Trinajstić information content (AvgIpc) is 3.22. The van der Waals surface area contributed by atoms with Crippen molar-refractivity contribution in [2.24, 2.45) is 0 Å². The summed E-state index contributed by atoms with van der Waals surface area (Å²) in [6.45, 7) is 4.12. The smallest absolute Gasteiger partial charge is 0.231 e. The van der Waals surface area contributed by atoms with E-state index in [0.29, 0.717) is 36.8 Å². The average molecular weight is 488 g/mol. The van der Waals surface area contributed by atoms with Crippen LogP contribution in [0.15, 0.2) is 59.1 Å². The van der Waals surface area contributed by atoms with Crippen LogP contribution in [0.25, 0.3) is 0 Å². The van der Waals surface area contributed by atoms with Crippen LogP contribution in [0.2, 0.25) is 0 Å². The van der Waals surface area contributed by atoms with Crippen molar-refractivity contribution in [2.45, 2.75) is 26.6 Å². The van der Waals surface area contributed by atoms with Gasteiger partial charge in [0.1, 0.15) is 12.4 Å².